The first-order chi connectivity index (χ1) is 12.0. The molecule has 0 bridgehead atoms. The average molecular weight is 345 g/mol. The first-order valence-electron chi connectivity index (χ1n) is 7.87. The van der Waals surface area contributed by atoms with Gasteiger partial charge in [0.25, 0.3) is 5.91 Å². The van der Waals surface area contributed by atoms with Crippen LogP contribution in [0.25, 0.3) is 0 Å². The van der Waals surface area contributed by atoms with Gasteiger partial charge in [0.15, 0.2) is 6.10 Å². The molecule has 2 aromatic carbocycles. The van der Waals surface area contributed by atoms with Crippen LogP contribution >= 0.6 is 0 Å². The highest BCUT2D eigenvalue weighted by atomic mass is 19.1. The van der Waals surface area contributed by atoms with Crippen molar-refractivity contribution in [3.8, 4) is 5.75 Å². The summed E-state index contributed by atoms with van der Waals surface area (Å²) in [6.45, 7) is 2.07. The highest BCUT2D eigenvalue weighted by Gasteiger charge is 2.14. The summed E-state index contributed by atoms with van der Waals surface area (Å²) < 4.78 is 23.0. The van der Waals surface area contributed by atoms with Crippen molar-refractivity contribution in [1.29, 1.82) is 0 Å². The second-order valence-electron chi connectivity index (χ2n) is 5.44. The van der Waals surface area contributed by atoms with Crippen molar-refractivity contribution in [2.75, 3.05) is 13.7 Å². The van der Waals surface area contributed by atoms with Crippen LogP contribution in [0.3, 0.4) is 0 Å². The monoisotopic (exact) mass is 345 g/mol. The zero-order chi connectivity index (χ0) is 18.2. The van der Waals surface area contributed by atoms with Gasteiger partial charge in [0.05, 0.1) is 12.7 Å². The number of hydrogen-bond donors (Lipinski definition) is 1. The molecule has 25 heavy (non-hydrogen) atoms. The molecule has 1 unspecified atom stereocenters. The minimum atomic E-state index is -0.683. The van der Waals surface area contributed by atoms with E-state index in [0.29, 0.717) is 24.3 Å². The summed E-state index contributed by atoms with van der Waals surface area (Å²) in [5, 5.41) is 2.77. The Morgan fingerprint density at radius 1 is 1.08 bits per heavy atom. The SMILES string of the molecule is COC(=O)c1ccc(OC(C)C(=O)NCCc2ccc(F)cc2)cc1. The van der Waals surface area contributed by atoms with Crippen LogP contribution in [0.15, 0.2) is 48.5 Å². The number of halogens is 1. The van der Waals surface area contributed by atoms with E-state index in [1.807, 2.05) is 0 Å². The van der Waals surface area contributed by atoms with E-state index in [2.05, 4.69) is 10.1 Å². The third kappa shape index (κ3) is 5.60. The molecule has 5 nitrogen and oxygen atoms in total. The quantitative estimate of drug-likeness (QED) is 0.784. The van der Waals surface area contributed by atoms with E-state index in [0.717, 1.165) is 5.56 Å². The number of carbonyl (C=O) groups excluding carboxylic acids is 2. The van der Waals surface area contributed by atoms with Crippen molar-refractivity contribution < 1.29 is 23.5 Å². The predicted molar refractivity (Wildman–Crippen MR) is 91.0 cm³/mol. The zero-order valence-electron chi connectivity index (χ0n) is 14.1. The molecule has 0 spiro atoms. The Labute approximate surface area is 145 Å². The Morgan fingerprint density at radius 2 is 1.72 bits per heavy atom. The summed E-state index contributed by atoms with van der Waals surface area (Å²) in [7, 11) is 1.31. The van der Waals surface area contributed by atoms with E-state index < -0.39 is 12.1 Å². The fourth-order valence-electron chi connectivity index (χ4n) is 2.17. The topological polar surface area (TPSA) is 64.6 Å². The van der Waals surface area contributed by atoms with Crippen LogP contribution in [-0.2, 0) is 16.0 Å². The zero-order valence-corrected chi connectivity index (χ0v) is 14.1. The van der Waals surface area contributed by atoms with E-state index in [1.54, 1.807) is 43.3 Å². The van der Waals surface area contributed by atoms with Crippen LogP contribution in [0, 0.1) is 5.82 Å². The molecule has 0 aliphatic carbocycles. The molecule has 6 heteroatoms. The van der Waals surface area contributed by atoms with Crippen LogP contribution in [0.5, 0.6) is 5.75 Å². The van der Waals surface area contributed by atoms with E-state index >= 15 is 0 Å². The number of methoxy groups -OCH3 is 1. The van der Waals surface area contributed by atoms with Gasteiger partial charge in [-0.3, -0.25) is 4.79 Å². The molecule has 2 rings (SSSR count). The standard InChI is InChI=1S/C19H20FNO4/c1-13(25-17-9-5-15(6-10-17)19(23)24-2)18(22)21-12-11-14-3-7-16(20)8-4-14/h3-10,13H,11-12H2,1-2H3,(H,21,22). The lowest BCUT2D eigenvalue weighted by Crippen LogP contribution is -2.37. The summed E-state index contributed by atoms with van der Waals surface area (Å²) in [5.41, 5.74) is 1.35. The van der Waals surface area contributed by atoms with E-state index in [4.69, 9.17) is 4.74 Å². The molecular formula is C19H20FNO4. The van der Waals surface area contributed by atoms with Crippen LogP contribution in [0.2, 0.25) is 0 Å². The van der Waals surface area contributed by atoms with Gasteiger partial charge in [-0.25, -0.2) is 9.18 Å². The van der Waals surface area contributed by atoms with Gasteiger partial charge in [0.1, 0.15) is 11.6 Å². The molecule has 0 aromatic heterocycles. The second-order valence-corrected chi connectivity index (χ2v) is 5.44. The minimum Gasteiger partial charge on any atom is -0.481 e. The molecule has 0 saturated carbocycles. The molecular weight excluding hydrogens is 325 g/mol. The number of nitrogens with one attached hydrogen (secondary N) is 1. The van der Waals surface area contributed by atoms with Crippen molar-refractivity contribution >= 4 is 11.9 Å². The minimum absolute atomic E-state index is 0.251. The van der Waals surface area contributed by atoms with Gasteiger partial charge in [0, 0.05) is 6.54 Å². The Bertz CT molecular complexity index is 713. The molecule has 0 fully saturated rings. The molecule has 0 heterocycles. The summed E-state index contributed by atoms with van der Waals surface area (Å²) >= 11 is 0. The van der Waals surface area contributed by atoms with E-state index in [9.17, 15) is 14.0 Å². The normalized spacial score (nSPS) is 11.5. The molecule has 1 atom stereocenters. The fourth-order valence-corrected chi connectivity index (χ4v) is 2.17. The van der Waals surface area contributed by atoms with Gasteiger partial charge in [-0.05, 0) is 55.3 Å². The molecule has 0 saturated heterocycles. The number of hydrogen-bond acceptors (Lipinski definition) is 4. The van der Waals surface area contributed by atoms with Crippen molar-refractivity contribution in [3.63, 3.8) is 0 Å². The Balaban J connectivity index is 1.79. The molecule has 0 radical (unpaired) electrons. The van der Waals surface area contributed by atoms with Gasteiger partial charge in [-0.2, -0.15) is 0 Å². The second kappa shape index (κ2) is 8.82. The van der Waals surface area contributed by atoms with Gasteiger partial charge < -0.3 is 14.8 Å². The van der Waals surface area contributed by atoms with Crippen molar-refractivity contribution in [2.24, 2.45) is 0 Å². The highest BCUT2D eigenvalue weighted by Crippen LogP contribution is 2.14. The third-order valence-electron chi connectivity index (χ3n) is 3.58. The van der Waals surface area contributed by atoms with Crippen molar-refractivity contribution in [1.82, 2.24) is 5.32 Å². The Morgan fingerprint density at radius 3 is 2.32 bits per heavy atom. The van der Waals surface area contributed by atoms with Crippen LogP contribution in [0.4, 0.5) is 4.39 Å². The van der Waals surface area contributed by atoms with Crippen LogP contribution in [0.1, 0.15) is 22.8 Å². The van der Waals surface area contributed by atoms with Crippen LogP contribution in [-0.4, -0.2) is 31.6 Å². The number of esters is 1. The number of amides is 1. The summed E-state index contributed by atoms with van der Waals surface area (Å²) in [6, 6.07) is 12.5. The molecule has 1 N–H and O–H groups in total. The highest BCUT2D eigenvalue weighted by molar-refractivity contribution is 5.89. The van der Waals surface area contributed by atoms with Gasteiger partial charge in [0.2, 0.25) is 0 Å². The lowest BCUT2D eigenvalue weighted by molar-refractivity contribution is -0.127. The van der Waals surface area contributed by atoms with Gasteiger partial charge in [-0.1, -0.05) is 12.1 Å². The molecule has 2 aromatic rings. The number of ether oxygens (including phenoxy) is 2. The maximum absolute atomic E-state index is 12.8. The smallest absolute Gasteiger partial charge is 0.337 e. The fraction of sp³-hybridized carbons (Fsp3) is 0.263. The first kappa shape index (κ1) is 18.4. The van der Waals surface area contributed by atoms with E-state index in [-0.39, 0.29) is 11.7 Å². The lowest BCUT2D eigenvalue weighted by atomic mass is 10.1. The molecule has 0 aliphatic rings. The average Bonchev–Trinajstić information content (AvgIpc) is 2.63. The maximum atomic E-state index is 12.8. The van der Waals surface area contributed by atoms with Crippen LogP contribution < -0.4 is 10.1 Å². The molecule has 0 aliphatic heterocycles. The van der Waals surface area contributed by atoms with Gasteiger partial charge >= 0.3 is 5.97 Å². The molecule has 1 amide bonds. The first-order valence-corrected chi connectivity index (χ1v) is 7.87. The molecule has 132 valence electrons. The van der Waals surface area contributed by atoms with Crippen molar-refractivity contribution in [3.05, 3.63) is 65.5 Å². The Hall–Kier alpha value is -2.89. The summed E-state index contributed by atoms with van der Waals surface area (Å²) in [5.74, 6) is -0.487. The number of carbonyl (C=O) groups is 2. The number of benzene rings is 2. The summed E-state index contributed by atoms with van der Waals surface area (Å²) in [4.78, 5) is 23.4. The summed E-state index contributed by atoms with van der Waals surface area (Å²) in [6.07, 6.45) is -0.0794. The van der Waals surface area contributed by atoms with Crippen molar-refractivity contribution in [2.45, 2.75) is 19.4 Å². The largest absolute Gasteiger partial charge is 0.481 e. The van der Waals surface area contributed by atoms with Gasteiger partial charge in [-0.15, -0.1) is 0 Å². The number of rotatable bonds is 7. The third-order valence-corrected chi connectivity index (χ3v) is 3.58. The Kier molecular flexibility index (Phi) is 6.51. The van der Waals surface area contributed by atoms with E-state index in [1.165, 1.54) is 19.2 Å². The maximum Gasteiger partial charge on any atom is 0.337 e. The predicted octanol–water partition coefficient (Wildman–Crippen LogP) is 2.74. The lowest BCUT2D eigenvalue weighted by Gasteiger charge is -2.15.